The van der Waals surface area contributed by atoms with Crippen LogP contribution in [0.3, 0.4) is 0 Å². The molecule has 0 saturated heterocycles. The topological polar surface area (TPSA) is 77.8 Å². The highest BCUT2D eigenvalue weighted by molar-refractivity contribution is 5.66. The molecule has 3 N–H and O–H groups in total. The summed E-state index contributed by atoms with van der Waals surface area (Å²) in [4.78, 5) is 11.1. The first-order chi connectivity index (χ1) is 13.2. The van der Waals surface area contributed by atoms with Crippen LogP contribution in [-0.2, 0) is 4.79 Å². The Bertz CT molecular complexity index is 605. The summed E-state index contributed by atoms with van der Waals surface area (Å²) in [6.45, 7) is 7.16. The fraction of sp³-hybridized carbons (Fsp3) is 0.958. The first-order valence-electron chi connectivity index (χ1n) is 11.7. The number of fused-ring (bicyclic) bond motifs is 5. The van der Waals surface area contributed by atoms with Gasteiger partial charge in [0.2, 0.25) is 0 Å². The molecule has 0 aromatic carbocycles. The molecule has 0 bridgehead atoms. The van der Waals surface area contributed by atoms with E-state index in [1.807, 2.05) is 0 Å². The number of aliphatic hydroxyl groups excluding tert-OH is 2. The number of carboxylic acids is 1. The maximum Gasteiger partial charge on any atom is 0.303 e. The van der Waals surface area contributed by atoms with E-state index >= 15 is 0 Å². The van der Waals surface area contributed by atoms with Crippen molar-refractivity contribution in [3.8, 4) is 0 Å². The summed E-state index contributed by atoms with van der Waals surface area (Å²) in [7, 11) is 0. The van der Waals surface area contributed by atoms with Crippen molar-refractivity contribution in [2.45, 2.75) is 97.2 Å². The van der Waals surface area contributed by atoms with E-state index in [0.717, 1.165) is 32.1 Å². The summed E-state index contributed by atoms with van der Waals surface area (Å²) in [5, 5.41) is 30.5. The highest BCUT2D eigenvalue weighted by atomic mass is 16.4. The van der Waals surface area contributed by atoms with Crippen molar-refractivity contribution < 1.29 is 20.1 Å². The largest absolute Gasteiger partial charge is 0.481 e. The van der Waals surface area contributed by atoms with Gasteiger partial charge in [0.15, 0.2) is 0 Å². The molecule has 28 heavy (non-hydrogen) atoms. The number of hydrogen-bond donors (Lipinski definition) is 3. The lowest BCUT2D eigenvalue weighted by Gasteiger charge is -2.62. The summed E-state index contributed by atoms with van der Waals surface area (Å²) in [5.74, 6) is 2.36. The molecule has 4 aliphatic carbocycles. The summed E-state index contributed by atoms with van der Waals surface area (Å²) in [5.41, 5.74) is 0.523. The molecule has 4 fully saturated rings. The van der Waals surface area contributed by atoms with Crippen LogP contribution in [0.15, 0.2) is 0 Å². The van der Waals surface area contributed by atoms with E-state index in [9.17, 15) is 15.0 Å². The predicted octanol–water partition coefficient (Wildman–Crippen LogP) is 4.48. The summed E-state index contributed by atoms with van der Waals surface area (Å²) in [6, 6.07) is 0. The van der Waals surface area contributed by atoms with Crippen molar-refractivity contribution in [3.05, 3.63) is 0 Å². The maximum atomic E-state index is 11.2. The van der Waals surface area contributed by atoms with Gasteiger partial charge in [-0.1, -0.05) is 20.8 Å². The van der Waals surface area contributed by atoms with Gasteiger partial charge in [-0.15, -0.1) is 0 Å². The van der Waals surface area contributed by atoms with Gasteiger partial charge in [-0.05, 0) is 104 Å². The first kappa shape index (κ1) is 20.7. The Morgan fingerprint density at radius 1 is 1.00 bits per heavy atom. The standard InChI is InChI=1S/C24H40O4/c1-14(4-7-21(27)28)17-5-6-18-22-19(9-11-24(17,18)3)23(2)10-8-16(25)12-15(23)13-20(22)26/h14-20,22,25-26H,4-13H2,1-3H3,(H,27,28)/t14-,15+,16-,17-,18-,19-,20-,22-,23-,24+/m0/s1. The molecule has 0 aromatic rings. The Labute approximate surface area is 170 Å². The second-order valence-electron chi connectivity index (χ2n) is 11.4. The molecule has 0 heterocycles. The van der Waals surface area contributed by atoms with Crippen molar-refractivity contribution in [1.29, 1.82) is 0 Å². The number of hydrogen-bond acceptors (Lipinski definition) is 3. The van der Waals surface area contributed by atoms with Crippen molar-refractivity contribution >= 4 is 5.97 Å². The lowest BCUT2D eigenvalue weighted by Crippen LogP contribution is -2.58. The van der Waals surface area contributed by atoms with Gasteiger partial charge in [-0.3, -0.25) is 4.79 Å². The minimum atomic E-state index is -0.684. The average Bonchev–Trinajstić information content (AvgIpc) is 2.98. The van der Waals surface area contributed by atoms with Crippen molar-refractivity contribution in [2.24, 2.45) is 46.3 Å². The van der Waals surface area contributed by atoms with Crippen LogP contribution in [0.4, 0.5) is 0 Å². The van der Waals surface area contributed by atoms with Gasteiger partial charge in [0.05, 0.1) is 12.2 Å². The van der Waals surface area contributed by atoms with Crippen LogP contribution >= 0.6 is 0 Å². The predicted molar refractivity (Wildman–Crippen MR) is 109 cm³/mol. The Morgan fingerprint density at radius 3 is 2.39 bits per heavy atom. The second kappa shape index (κ2) is 7.27. The highest BCUT2D eigenvalue weighted by Gasteiger charge is 2.62. The molecule has 0 unspecified atom stereocenters. The van der Waals surface area contributed by atoms with E-state index in [-0.39, 0.29) is 29.5 Å². The van der Waals surface area contributed by atoms with Gasteiger partial charge in [-0.2, -0.15) is 0 Å². The molecule has 4 nitrogen and oxygen atoms in total. The van der Waals surface area contributed by atoms with E-state index in [2.05, 4.69) is 20.8 Å². The fourth-order valence-electron chi connectivity index (χ4n) is 8.73. The molecular weight excluding hydrogens is 352 g/mol. The van der Waals surface area contributed by atoms with Gasteiger partial charge in [0.25, 0.3) is 0 Å². The van der Waals surface area contributed by atoms with Crippen LogP contribution in [0, 0.1) is 46.3 Å². The van der Waals surface area contributed by atoms with Crippen LogP contribution < -0.4 is 0 Å². The van der Waals surface area contributed by atoms with E-state index in [1.54, 1.807) is 0 Å². The molecule has 4 heteroatoms. The van der Waals surface area contributed by atoms with Gasteiger partial charge < -0.3 is 15.3 Å². The number of carboxylic acid groups (broad SMARTS) is 1. The van der Waals surface area contributed by atoms with E-state index < -0.39 is 5.97 Å². The molecule has 4 saturated carbocycles. The molecule has 0 spiro atoms. The molecule has 160 valence electrons. The smallest absolute Gasteiger partial charge is 0.303 e. The van der Waals surface area contributed by atoms with E-state index in [0.29, 0.717) is 35.5 Å². The monoisotopic (exact) mass is 392 g/mol. The zero-order valence-electron chi connectivity index (χ0n) is 17.9. The van der Waals surface area contributed by atoms with Crippen LogP contribution in [0.25, 0.3) is 0 Å². The van der Waals surface area contributed by atoms with Gasteiger partial charge >= 0.3 is 5.97 Å². The molecular formula is C24H40O4. The fourth-order valence-corrected chi connectivity index (χ4v) is 8.73. The average molecular weight is 393 g/mol. The van der Waals surface area contributed by atoms with Crippen molar-refractivity contribution in [3.63, 3.8) is 0 Å². The first-order valence-corrected chi connectivity index (χ1v) is 11.7. The SMILES string of the molecule is C[C@@H](CCC(=O)O)[C@@H]1CC[C@H]2[C@@H]3[C@@H](O)C[C@H]4C[C@@H](O)CC[C@]4(C)[C@H]3CC[C@@]21C. The Morgan fingerprint density at radius 2 is 1.68 bits per heavy atom. The minimum absolute atomic E-state index is 0.179. The molecule has 0 radical (unpaired) electrons. The molecule has 0 amide bonds. The zero-order chi connectivity index (χ0) is 20.3. The summed E-state index contributed by atoms with van der Waals surface area (Å²) >= 11 is 0. The Kier molecular flexibility index (Phi) is 5.36. The summed E-state index contributed by atoms with van der Waals surface area (Å²) in [6.07, 6.45) is 9.19. The lowest BCUT2D eigenvalue weighted by molar-refractivity contribution is -0.174. The molecule has 4 rings (SSSR count). The van der Waals surface area contributed by atoms with Crippen LogP contribution in [0.1, 0.15) is 85.0 Å². The third-order valence-electron chi connectivity index (χ3n) is 10.2. The van der Waals surface area contributed by atoms with E-state index in [1.165, 1.54) is 25.7 Å². The molecule has 4 aliphatic rings. The van der Waals surface area contributed by atoms with Crippen molar-refractivity contribution in [2.75, 3.05) is 0 Å². The van der Waals surface area contributed by atoms with Crippen LogP contribution in [0.5, 0.6) is 0 Å². The minimum Gasteiger partial charge on any atom is -0.481 e. The van der Waals surface area contributed by atoms with Crippen molar-refractivity contribution in [1.82, 2.24) is 0 Å². The van der Waals surface area contributed by atoms with Gasteiger partial charge in [-0.25, -0.2) is 0 Å². The Balaban J connectivity index is 1.55. The van der Waals surface area contributed by atoms with Gasteiger partial charge in [0, 0.05) is 6.42 Å². The third kappa shape index (κ3) is 3.14. The van der Waals surface area contributed by atoms with Crippen LogP contribution in [-0.4, -0.2) is 33.5 Å². The number of aliphatic carboxylic acids is 1. The Hall–Kier alpha value is -0.610. The highest BCUT2D eigenvalue weighted by Crippen LogP contribution is 2.68. The number of aliphatic hydroxyl groups is 2. The molecule has 0 aromatic heterocycles. The number of rotatable bonds is 4. The normalized spacial score (nSPS) is 51.7. The lowest BCUT2D eigenvalue weighted by atomic mass is 9.43. The molecule has 0 aliphatic heterocycles. The van der Waals surface area contributed by atoms with E-state index in [4.69, 9.17) is 5.11 Å². The van der Waals surface area contributed by atoms with Gasteiger partial charge in [0.1, 0.15) is 0 Å². The summed E-state index contributed by atoms with van der Waals surface area (Å²) < 4.78 is 0. The molecule has 10 atom stereocenters. The third-order valence-corrected chi connectivity index (χ3v) is 10.2. The number of carbonyl (C=O) groups is 1. The van der Waals surface area contributed by atoms with Crippen LogP contribution in [0.2, 0.25) is 0 Å². The zero-order valence-corrected chi connectivity index (χ0v) is 17.9. The maximum absolute atomic E-state index is 11.2. The quantitative estimate of drug-likeness (QED) is 0.659. The second-order valence-corrected chi connectivity index (χ2v) is 11.4.